The van der Waals surface area contributed by atoms with Gasteiger partial charge in [-0.2, -0.15) is 0 Å². The second kappa shape index (κ2) is 4.36. The van der Waals surface area contributed by atoms with Crippen LogP contribution in [0.1, 0.15) is 23.7 Å². The molecule has 1 aliphatic heterocycles. The molecule has 100 valence electrons. The van der Waals surface area contributed by atoms with E-state index in [1.54, 1.807) is 0 Å². The van der Waals surface area contributed by atoms with Crippen molar-refractivity contribution in [1.29, 1.82) is 0 Å². The van der Waals surface area contributed by atoms with Gasteiger partial charge in [-0.3, -0.25) is 20.3 Å². The van der Waals surface area contributed by atoms with Crippen molar-refractivity contribution in [1.82, 2.24) is 10.4 Å². The van der Waals surface area contributed by atoms with Gasteiger partial charge in [-0.15, -0.1) is 0 Å². The molecule has 2 N–H and O–H groups in total. The number of hydrogen-bond donors (Lipinski definition) is 2. The van der Waals surface area contributed by atoms with Gasteiger partial charge >= 0.3 is 0 Å². The molecule has 1 unspecified atom stereocenters. The van der Waals surface area contributed by atoms with Crippen LogP contribution >= 0.6 is 0 Å². The first kappa shape index (κ1) is 13.0. The fourth-order valence-electron chi connectivity index (χ4n) is 1.93. The number of nitro benzene ring substituents is 1. The molecule has 1 aromatic rings. The van der Waals surface area contributed by atoms with E-state index >= 15 is 0 Å². The zero-order valence-electron chi connectivity index (χ0n) is 10.3. The minimum absolute atomic E-state index is 0.0953. The highest BCUT2D eigenvalue weighted by molar-refractivity contribution is 5.94. The Bertz CT molecular complexity index is 551. The second-order valence-corrected chi connectivity index (χ2v) is 4.55. The van der Waals surface area contributed by atoms with E-state index in [-0.39, 0.29) is 17.7 Å². The van der Waals surface area contributed by atoms with Crippen molar-refractivity contribution in [3.05, 3.63) is 52.2 Å². The largest absolute Gasteiger partial charge is 0.369 e. The predicted molar refractivity (Wildman–Crippen MR) is 66.8 cm³/mol. The number of carbonyl (C=O) groups is 1. The van der Waals surface area contributed by atoms with E-state index in [0.717, 1.165) is 5.01 Å². The molecule has 7 heteroatoms. The number of hydrogen-bond acceptors (Lipinski definition) is 5. The Morgan fingerprint density at radius 3 is 2.53 bits per heavy atom. The lowest BCUT2D eigenvalue weighted by Gasteiger charge is -2.28. The number of aliphatic hydroxyl groups is 1. The molecule has 1 fully saturated rings. The molecule has 0 saturated carbocycles. The first-order chi connectivity index (χ1) is 8.81. The van der Waals surface area contributed by atoms with Gasteiger partial charge in [0.15, 0.2) is 5.72 Å². The van der Waals surface area contributed by atoms with Gasteiger partial charge in [-0.1, -0.05) is 6.58 Å². The normalized spacial score (nSPS) is 22.2. The summed E-state index contributed by atoms with van der Waals surface area (Å²) in [6, 6.07) is 5.18. The molecule has 0 spiro atoms. The average molecular weight is 263 g/mol. The first-order valence-corrected chi connectivity index (χ1v) is 5.57. The Kier molecular flexibility index (Phi) is 2.99. The predicted octanol–water partition coefficient (Wildman–Crippen LogP) is 1.17. The van der Waals surface area contributed by atoms with Gasteiger partial charge in [-0.25, -0.2) is 5.01 Å². The van der Waals surface area contributed by atoms with E-state index in [9.17, 15) is 20.0 Å². The van der Waals surface area contributed by atoms with Crippen LogP contribution in [0.2, 0.25) is 0 Å². The molecule has 1 aromatic carbocycles. The Hall–Kier alpha value is -2.41. The number of nitro groups is 1. The lowest BCUT2D eigenvalue weighted by Crippen LogP contribution is -2.49. The molecule has 0 aromatic heterocycles. The summed E-state index contributed by atoms with van der Waals surface area (Å²) in [6.07, 6.45) is 0.228. The standard InChI is InChI=1S/C12H13N3O4/c1-8-7-12(2,17)14(13-8)11(16)9-3-5-10(6-4-9)15(18)19/h3-6,13,17H,1,7H2,2H3. The van der Waals surface area contributed by atoms with Crippen LogP contribution in [-0.4, -0.2) is 26.7 Å². The summed E-state index contributed by atoms with van der Waals surface area (Å²) in [5, 5.41) is 21.7. The minimum Gasteiger partial charge on any atom is -0.369 e. The Morgan fingerprint density at radius 1 is 1.53 bits per heavy atom. The van der Waals surface area contributed by atoms with E-state index in [0.29, 0.717) is 5.70 Å². The molecule has 2 rings (SSSR count). The topological polar surface area (TPSA) is 95.7 Å². The van der Waals surface area contributed by atoms with Crippen LogP contribution in [0.5, 0.6) is 0 Å². The molecule has 0 radical (unpaired) electrons. The van der Waals surface area contributed by atoms with E-state index in [4.69, 9.17) is 0 Å². The molecular weight excluding hydrogens is 250 g/mol. The quantitative estimate of drug-likeness (QED) is 0.616. The minimum atomic E-state index is -1.37. The number of nitrogens with zero attached hydrogens (tertiary/aromatic N) is 2. The number of non-ortho nitro benzene ring substituents is 1. The fourth-order valence-corrected chi connectivity index (χ4v) is 1.93. The van der Waals surface area contributed by atoms with Crippen LogP contribution in [0.15, 0.2) is 36.5 Å². The highest BCUT2D eigenvalue weighted by Crippen LogP contribution is 2.27. The molecule has 7 nitrogen and oxygen atoms in total. The van der Waals surface area contributed by atoms with Gasteiger partial charge in [0, 0.05) is 29.8 Å². The molecule has 1 heterocycles. The molecule has 1 saturated heterocycles. The number of carbonyl (C=O) groups excluding carboxylic acids is 1. The monoisotopic (exact) mass is 263 g/mol. The maximum Gasteiger partial charge on any atom is 0.274 e. The van der Waals surface area contributed by atoms with Crippen LogP contribution in [0, 0.1) is 10.1 Å². The zero-order chi connectivity index (χ0) is 14.2. The maximum atomic E-state index is 12.2. The molecule has 1 aliphatic rings. The Labute approximate surface area is 109 Å². The Balaban J connectivity index is 2.25. The second-order valence-electron chi connectivity index (χ2n) is 4.55. The third kappa shape index (κ3) is 2.41. The van der Waals surface area contributed by atoms with Gasteiger partial charge in [0.05, 0.1) is 4.92 Å². The van der Waals surface area contributed by atoms with E-state index < -0.39 is 16.6 Å². The first-order valence-electron chi connectivity index (χ1n) is 5.57. The van der Waals surface area contributed by atoms with Gasteiger partial charge in [0.1, 0.15) is 0 Å². The molecular formula is C12H13N3O4. The summed E-state index contributed by atoms with van der Waals surface area (Å²) >= 11 is 0. The van der Waals surface area contributed by atoms with Crippen molar-refractivity contribution < 1.29 is 14.8 Å². The smallest absolute Gasteiger partial charge is 0.274 e. The highest BCUT2D eigenvalue weighted by atomic mass is 16.6. The lowest BCUT2D eigenvalue weighted by molar-refractivity contribution is -0.384. The van der Waals surface area contributed by atoms with Crippen molar-refractivity contribution in [2.24, 2.45) is 0 Å². The Morgan fingerprint density at radius 2 is 2.11 bits per heavy atom. The van der Waals surface area contributed by atoms with Crippen LogP contribution in [0.25, 0.3) is 0 Å². The molecule has 1 amide bonds. The maximum absolute atomic E-state index is 12.2. The fraction of sp³-hybridized carbons (Fsp3) is 0.250. The summed E-state index contributed by atoms with van der Waals surface area (Å²) in [7, 11) is 0. The number of rotatable bonds is 2. The van der Waals surface area contributed by atoms with Crippen LogP contribution in [0.3, 0.4) is 0 Å². The van der Waals surface area contributed by atoms with Gasteiger partial charge in [0.25, 0.3) is 11.6 Å². The lowest BCUT2D eigenvalue weighted by atomic mass is 10.1. The molecule has 1 atom stereocenters. The molecule has 0 bridgehead atoms. The van der Waals surface area contributed by atoms with Gasteiger partial charge in [-0.05, 0) is 19.1 Å². The summed E-state index contributed by atoms with van der Waals surface area (Å²) in [5.41, 5.74) is 2.00. The van der Waals surface area contributed by atoms with Crippen molar-refractivity contribution in [2.75, 3.05) is 0 Å². The highest BCUT2D eigenvalue weighted by Gasteiger charge is 2.40. The number of hydrazine groups is 1. The van der Waals surface area contributed by atoms with Crippen molar-refractivity contribution in [3.63, 3.8) is 0 Å². The molecule has 0 aliphatic carbocycles. The third-order valence-corrected chi connectivity index (χ3v) is 2.83. The van der Waals surface area contributed by atoms with E-state index in [1.807, 2.05) is 0 Å². The molecule has 19 heavy (non-hydrogen) atoms. The number of nitrogens with one attached hydrogen (secondary N) is 1. The average Bonchev–Trinajstić information content (AvgIpc) is 2.61. The third-order valence-electron chi connectivity index (χ3n) is 2.83. The van der Waals surface area contributed by atoms with E-state index in [2.05, 4.69) is 12.0 Å². The van der Waals surface area contributed by atoms with Gasteiger partial charge < -0.3 is 5.11 Å². The SMILES string of the molecule is C=C1CC(C)(O)N(C(=O)c2ccc([N+](=O)[O-])cc2)N1. The van der Waals surface area contributed by atoms with E-state index in [1.165, 1.54) is 31.2 Å². The summed E-state index contributed by atoms with van der Waals surface area (Å²) in [5.74, 6) is -0.474. The number of benzene rings is 1. The summed E-state index contributed by atoms with van der Waals surface area (Å²) in [6.45, 7) is 5.15. The number of amides is 1. The van der Waals surface area contributed by atoms with Gasteiger partial charge in [0.2, 0.25) is 0 Å². The van der Waals surface area contributed by atoms with Crippen LogP contribution in [-0.2, 0) is 0 Å². The van der Waals surface area contributed by atoms with Crippen molar-refractivity contribution >= 4 is 11.6 Å². The van der Waals surface area contributed by atoms with Crippen LogP contribution in [0.4, 0.5) is 5.69 Å². The summed E-state index contributed by atoms with van der Waals surface area (Å²) in [4.78, 5) is 22.2. The summed E-state index contributed by atoms with van der Waals surface area (Å²) < 4.78 is 0. The zero-order valence-corrected chi connectivity index (χ0v) is 10.3. The van der Waals surface area contributed by atoms with Crippen molar-refractivity contribution in [3.8, 4) is 0 Å². The van der Waals surface area contributed by atoms with Crippen molar-refractivity contribution in [2.45, 2.75) is 19.1 Å². The van der Waals surface area contributed by atoms with Crippen LogP contribution < -0.4 is 5.43 Å².